The second kappa shape index (κ2) is 12.8. The molecule has 0 N–H and O–H groups in total. The maximum atomic E-state index is 9.39. The summed E-state index contributed by atoms with van der Waals surface area (Å²) in [7, 11) is 0. The van der Waals surface area contributed by atoms with Crippen LogP contribution in [-0.2, 0) is 5.41 Å². The van der Waals surface area contributed by atoms with Crippen LogP contribution in [0.1, 0.15) is 50.2 Å². The summed E-state index contributed by atoms with van der Waals surface area (Å²) in [5.74, 6) is 3.61. The highest BCUT2D eigenvalue weighted by Crippen LogP contribution is 2.52. The Kier molecular flexibility index (Phi) is 7.78. The minimum atomic E-state index is 0.0740. The van der Waals surface area contributed by atoms with Gasteiger partial charge in [0.05, 0.1) is 11.6 Å². The summed E-state index contributed by atoms with van der Waals surface area (Å²) in [5.41, 5.74) is 9.68. The van der Waals surface area contributed by atoms with E-state index < -0.39 is 0 Å². The molecule has 2 saturated carbocycles. The van der Waals surface area contributed by atoms with Crippen molar-refractivity contribution >= 4 is 10.8 Å². The molecule has 51 heavy (non-hydrogen) atoms. The molecule has 1 unspecified atom stereocenters. The van der Waals surface area contributed by atoms with Gasteiger partial charge in [0.1, 0.15) is 0 Å². The molecule has 4 heteroatoms. The highest BCUT2D eigenvalue weighted by molar-refractivity contribution is 6.05. The molecule has 3 atom stereocenters. The minimum absolute atomic E-state index is 0.0740. The topological polar surface area (TPSA) is 62.5 Å². The van der Waals surface area contributed by atoms with Gasteiger partial charge in [-0.3, -0.25) is 0 Å². The van der Waals surface area contributed by atoms with E-state index in [2.05, 4.69) is 91.9 Å². The van der Waals surface area contributed by atoms with E-state index in [0.29, 0.717) is 23.0 Å². The zero-order valence-electron chi connectivity index (χ0n) is 28.8. The molecule has 2 bridgehead atoms. The minimum Gasteiger partial charge on any atom is -0.208 e. The van der Waals surface area contributed by atoms with Gasteiger partial charge in [-0.05, 0) is 99.4 Å². The third-order valence-corrected chi connectivity index (χ3v) is 11.3. The average Bonchev–Trinajstić information content (AvgIpc) is 3.55. The van der Waals surface area contributed by atoms with Gasteiger partial charge in [0.15, 0.2) is 17.5 Å². The van der Waals surface area contributed by atoms with Crippen molar-refractivity contribution in [3.63, 3.8) is 0 Å². The Morgan fingerprint density at radius 1 is 0.529 bits per heavy atom. The van der Waals surface area contributed by atoms with Crippen molar-refractivity contribution in [1.29, 1.82) is 5.26 Å². The van der Waals surface area contributed by atoms with Crippen molar-refractivity contribution in [3.05, 3.63) is 151 Å². The molecule has 1 heterocycles. The van der Waals surface area contributed by atoms with Crippen LogP contribution in [0.2, 0.25) is 0 Å². The first-order valence-corrected chi connectivity index (χ1v) is 18.1. The maximum Gasteiger partial charge on any atom is 0.164 e. The van der Waals surface area contributed by atoms with Crippen molar-refractivity contribution in [3.8, 4) is 62.5 Å². The van der Waals surface area contributed by atoms with Gasteiger partial charge < -0.3 is 0 Å². The van der Waals surface area contributed by atoms with Crippen molar-refractivity contribution in [2.24, 2.45) is 11.8 Å². The van der Waals surface area contributed by atoms with Crippen LogP contribution in [0.15, 0.2) is 140 Å². The molecule has 1 aromatic heterocycles. The Morgan fingerprint density at radius 3 is 1.57 bits per heavy atom. The first-order valence-electron chi connectivity index (χ1n) is 18.1. The smallest absolute Gasteiger partial charge is 0.164 e. The lowest BCUT2D eigenvalue weighted by atomic mass is 9.66. The van der Waals surface area contributed by atoms with E-state index in [0.717, 1.165) is 39.7 Å². The van der Waals surface area contributed by atoms with E-state index in [1.54, 1.807) is 0 Å². The van der Waals surface area contributed by atoms with Crippen LogP contribution in [0.25, 0.3) is 67.2 Å². The van der Waals surface area contributed by atoms with Crippen LogP contribution in [0.3, 0.4) is 0 Å². The quantitative estimate of drug-likeness (QED) is 0.178. The summed E-state index contributed by atoms with van der Waals surface area (Å²) < 4.78 is 0. The molecule has 2 fully saturated rings. The molecule has 0 aliphatic heterocycles. The van der Waals surface area contributed by atoms with Gasteiger partial charge in [-0.25, -0.2) is 15.0 Å². The molecule has 6 aromatic carbocycles. The summed E-state index contributed by atoms with van der Waals surface area (Å²) in [5, 5.41) is 11.8. The lowest BCUT2D eigenvalue weighted by Crippen LogP contribution is -2.30. The molecule has 7 aromatic rings. The van der Waals surface area contributed by atoms with Crippen molar-refractivity contribution in [1.82, 2.24) is 15.0 Å². The van der Waals surface area contributed by atoms with Gasteiger partial charge in [0.2, 0.25) is 0 Å². The number of nitrogens with zero attached hydrogens (tertiary/aromatic N) is 4. The van der Waals surface area contributed by atoms with Crippen LogP contribution < -0.4 is 0 Å². The normalized spacial score (nSPS) is 19.5. The van der Waals surface area contributed by atoms with Crippen molar-refractivity contribution in [2.75, 3.05) is 0 Å². The maximum absolute atomic E-state index is 9.39. The Balaban J connectivity index is 1.26. The van der Waals surface area contributed by atoms with E-state index in [9.17, 15) is 5.26 Å². The molecule has 9 rings (SSSR count). The van der Waals surface area contributed by atoms with Gasteiger partial charge in [-0.2, -0.15) is 5.26 Å². The van der Waals surface area contributed by atoms with Crippen molar-refractivity contribution in [2.45, 2.75) is 44.4 Å². The number of hydrogen-bond donors (Lipinski definition) is 0. The molecule has 2 aliphatic rings. The van der Waals surface area contributed by atoms with Gasteiger partial charge in [0, 0.05) is 16.7 Å². The van der Waals surface area contributed by atoms with E-state index in [-0.39, 0.29) is 5.41 Å². The molecule has 0 saturated heterocycles. The standard InChI is InChI=1S/C47H38N4/c1-47(28-32-16-17-33(24-32)29-47)39-26-37(41-23-22-40(42-14-8-9-15-43(41)42)34-20-18-31(30-48)19-21-34)25-38(27-39)46-50-44(35-10-4-2-5-11-35)49-45(51-46)36-12-6-3-7-13-36/h2-15,18-23,25-27,32-33H,16-17,24,28-29H2,1H3/t32-,33+,47?. The SMILES string of the molecule is CC1(c2cc(-c3nc(-c4ccccc4)nc(-c4ccccc4)n3)cc(-c3ccc(-c4ccc(C#N)cc4)c4ccccc34)c2)C[C@@H]2CC[C@@H](C2)C1. The number of hydrogen-bond acceptors (Lipinski definition) is 4. The fourth-order valence-corrected chi connectivity index (χ4v) is 8.87. The Morgan fingerprint density at radius 2 is 1.02 bits per heavy atom. The summed E-state index contributed by atoms with van der Waals surface area (Å²) in [6.45, 7) is 2.49. The molecular weight excluding hydrogens is 621 g/mol. The molecular formula is C47H38N4. The van der Waals surface area contributed by atoms with Crippen LogP contribution >= 0.6 is 0 Å². The third-order valence-electron chi connectivity index (χ3n) is 11.3. The molecule has 246 valence electrons. The Labute approximate surface area is 299 Å². The molecule has 2 aliphatic carbocycles. The Hall–Kier alpha value is -5.92. The van der Waals surface area contributed by atoms with Crippen molar-refractivity contribution < 1.29 is 0 Å². The third kappa shape index (κ3) is 5.89. The predicted molar refractivity (Wildman–Crippen MR) is 207 cm³/mol. The number of fused-ring (bicyclic) bond motifs is 3. The molecule has 0 amide bonds. The van der Waals surface area contributed by atoms with Gasteiger partial charge in [-0.1, -0.05) is 135 Å². The first kappa shape index (κ1) is 31.1. The number of nitriles is 1. The van der Waals surface area contributed by atoms with E-state index in [1.807, 2.05) is 60.7 Å². The summed E-state index contributed by atoms with van der Waals surface area (Å²) in [4.78, 5) is 15.3. The monoisotopic (exact) mass is 658 g/mol. The number of rotatable bonds is 6. The lowest BCUT2D eigenvalue weighted by molar-refractivity contribution is 0.232. The molecule has 0 spiro atoms. The highest BCUT2D eigenvalue weighted by atomic mass is 15.0. The van der Waals surface area contributed by atoms with E-state index in [1.165, 1.54) is 59.6 Å². The second-order valence-corrected chi connectivity index (χ2v) is 14.7. The van der Waals surface area contributed by atoms with Crippen LogP contribution in [0, 0.1) is 23.2 Å². The molecule has 0 radical (unpaired) electrons. The van der Waals surface area contributed by atoms with Gasteiger partial charge >= 0.3 is 0 Å². The van der Waals surface area contributed by atoms with Crippen LogP contribution in [0.5, 0.6) is 0 Å². The predicted octanol–water partition coefficient (Wildman–Crippen LogP) is 11.7. The summed E-state index contributed by atoms with van der Waals surface area (Å²) >= 11 is 0. The fourth-order valence-electron chi connectivity index (χ4n) is 8.87. The van der Waals surface area contributed by atoms with Gasteiger partial charge in [0.25, 0.3) is 0 Å². The first-order chi connectivity index (χ1) is 25.0. The Bertz CT molecular complexity index is 2360. The van der Waals surface area contributed by atoms with E-state index >= 15 is 0 Å². The molecule has 4 nitrogen and oxygen atoms in total. The highest BCUT2D eigenvalue weighted by Gasteiger charge is 2.42. The summed E-state index contributed by atoms with van der Waals surface area (Å²) in [6, 6.07) is 50.9. The van der Waals surface area contributed by atoms with Crippen LogP contribution in [0.4, 0.5) is 0 Å². The zero-order chi connectivity index (χ0) is 34.4. The fraction of sp³-hybridized carbons (Fsp3) is 0.191. The lowest BCUT2D eigenvalue weighted by Gasteiger charge is -2.39. The zero-order valence-corrected chi connectivity index (χ0v) is 28.8. The number of aromatic nitrogens is 3. The largest absolute Gasteiger partial charge is 0.208 e. The van der Waals surface area contributed by atoms with E-state index in [4.69, 9.17) is 15.0 Å². The van der Waals surface area contributed by atoms with Crippen LogP contribution in [-0.4, -0.2) is 15.0 Å². The average molecular weight is 659 g/mol. The number of benzene rings is 6. The summed E-state index contributed by atoms with van der Waals surface area (Å²) in [6.07, 6.45) is 6.50. The van der Waals surface area contributed by atoms with Gasteiger partial charge in [-0.15, -0.1) is 0 Å². The second-order valence-electron chi connectivity index (χ2n) is 14.7.